The summed E-state index contributed by atoms with van der Waals surface area (Å²) in [6, 6.07) is 13.6. The van der Waals surface area contributed by atoms with Gasteiger partial charge in [0.15, 0.2) is 0 Å². The lowest BCUT2D eigenvalue weighted by atomic mass is 9.87. The van der Waals surface area contributed by atoms with Gasteiger partial charge in [-0.25, -0.2) is 4.79 Å². The number of aryl methyl sites for hydroxylation is 2. The number of nitrogens with one attached hydrogen (secondary N) is 1. The van der Waals surface area contributed by atoms with Crippen LogP contribution in [0, 0.1) is 6.92 Å². The zero-order chi connectivity index (χ0) is 17.4. The van der Waals surface area contributed by atoms with Crippen molar-refractivity contribution in [2.75, 3.05) is 0 Å². The average molecular weight is 333 g/mol. The summed E-state index contributed by atoms with van der Waals surface area (Å²) in [4.78, 5) is 27.8. The molecule has 4 rings (SSSR count). The van der Waals surface area contributed by atoms with E-state index in [4.69, 9.17) is 4.74 Å². The Morgan fingerprint density at radius 2 is 1.92 bits per heavy atom. The van der Waals surface area contributed by atoms with Gasteiger partial charge in [-0.2, -0.15) is 0 Å². The van der Waals surface area contributed by atoms with Crippen molar-refractivity contribution in [3.05, 3.63) is 70.4 Å². The number of carbonyl (C=O) groups is 2. The van der Waals surface area contributed by atoms with Crippen molar-refractivity contribution >= 4 is 22.7 Å². The Morgan fingerprint density at radius 1 is 1.12 bits per heavy atom. The summed E-state index contributed by atoms with van der Waals surface area (Å²) >= 11 is 0. The van der Waals surface area contributed by atoms with Crippen LogP contribution in [0.15, 0.2) is 42.5 Å². The molecule has 0 spiro atoms. The summed E-state index contributed by atoms with van der Waals surface area (Å²) in [6.45, 7) is 2.14. The maximum atomic E-state index is 12.8. The highest BCUT2D eigenvalue weighted by molar-refractivity contribution is 6.08. The van der Waals surface area contributed by atoms with Crippen LogP contribution in [-0.4, -0.2) is 16.7 Å². The van der Waals surface area contributed by atoms with Crippen LogP contribution in [0.1, 0.15) is 39.2 Å². The van der Waals surface area contributed by atoms with E-state index in [1.54, 1.807) is 0 Å². The van der Waals surface area contributed by atoms with E-state index in [9.17, 15) is 9.59 Å². The minimum atomic E-state index is -0.321. The fourth-order valence-corrected chi connectivity index (χ4v) is 3.60. The first-order valence-corrected chi connectivity index (χ1v) is 8.49. The molecule has 0 atom stereocenters. The molecule has 1 N–H and O–H groups in total. The Morgan fingerprint density at radius 3 is 2.72 bits per heavy atom. The molecule has 0 radical (unpaired) electrons. The van der Waals surface area contributed by atoms with E-state index in [1.165, 1.54) is 0 Å². The first-order chi connectivity index (χ1) is 12.1. The van der Waals surface area contributed by atoms with Gasteiger partial charge >= 0.3 is 5.97 Å². The van der Waals surface area contributed by atoms with Crippen LogP contribution in [0.25, 0.3) is 10.9 Å². The maximum absolute atomic E-state index is 12.8. The summed E-state index contributed by atoms with van der Waals surface area (Å²) in [5.74, 6) is -0.0646. The van der Waals surface area contributed by atoms with Crippen LogP contribution >= 0.6 is 0 Å². The van der Waals surface area contributed by atoms with Gasteiger partial charge in [0, 0.05) is 29.4 Å². The maximum Gasteiger partial charge on any atom is 0.340 e. The van der Waals surface area contributed by atoms with E-state index in [0.29, 0.717) is 24.8 Å². The molecule has 0 saturated carbocycles. The van der Waals surface area contributed by atoms with Gasteiger partial charge in [-0.1, -0.05) is 36.4 Å². The molecular formula is C21H19NO3. The van der Waals surface area contributed by atoms with E-state index in [1.807, 2.05) is 49.4 Å². The number of benzene rings is 2. The molecule has 0 amide bonds. The number of hydrogen-bond acceptors (Lipinski definition) is 3. The Balaban J connectivity index is 1.71. The topological polar surface area (TPSA) is 59.2 Å². The molecule has 0 aliphatic heterocycles. The Labute approximate surface area is 145 Å². The second-order valence-electron chi connectivity index (χ2n) is 6.53. The first-order valence-electron chi connectivity index (χ1n) is 8.49. The molecule has 126 valence electrons. The minimum Gasteiger partial charge on any atom is -0.457 e. The summed E-state index contributed by atoms with van der Waals surface area (Å²) in [5.41, 5.74) is 5.42. The predicted molar refractivity (Wildman–Crippen MR) is 95.6 cm³/mol. The number of ketones is 1. The van der Waals surface area contributed by atoms with Crippen molar-refractivity contribution in [1.29, 1.82) is 0 Å². The van der Waals surface area contributed by atoms with Gasteiger partial charge in [0.05, 0.1) is 5.56 Å². The third-order valence-corrected chi connectivity index (χ3v) is 4.82. The number of aromatic nitrogens is 1. The van der Waals surface area contributed by atoms with Crippen molar-refractivity contribution in [2.24, 2.45) is 0 Å². The molecule has 0 unspecified atom stereocenters. The molecule has 25 heavy (non-hydrogen) atoms. The molecule has 0 fully saturated rings. The number of rotatable bonds is 3. The first kappa shape index (κ1) is 15.6. The van der Waals surface area contributed by atoms with E-state index < -0.39 is 0 Å². The van der Waals surface area contributed by atoms with Crippen molar-refractivity contribution in [1.82, 2.24) is 4.98 Å². The normalized spacial score (nSPS) is 13.7. The number of hydrogen-bond donors (Lipinski definition) is 1. The van der Waals surface area contributed by atoms with Crippen LogP contribution in [0.2, 0.25) is 0 Å². The molecule has 1 aliphatic rings. The van der Waals surface area contributed by atoms with Crippen molar-refractivity contribution < 1.29 is 14.3 Å². The van der Waals surface area contributed by atoms with Crippen LogP contribution in [-0.2, 0) is 29.0 Å². The fraction of sp³-hybridized carbons (Fsp3) is 0.238. The molecule has 3 aromatic rings. The number of H-pyrrole nitrogens is 1. The summed E-state index contributed by atoms with van der Waals surface area (Å²) in [7, 11) is 0. The largest absolute Gasteiger partial charge is 0.457 e. The number of esters is 1. The van der Waals surface area contributed by atoms with Gasteiger partial charge in [0.25, 0.3) is 0 Å². The molecule has 4 nitrogen and oxygen atoms in total. The van der Waals surface area contributed by atoms with E-state index in [-0.39, 0.29) is 18.4 Å². The summed E-state index contributed by atoms with van der Waals surface area (Å²) in [6.07, 6.45) is 1.67. The van der Waals surface area contributed by atoms with Gasteiger partial charge in [-0.15, -0.1) is 0 Å². The van der Waals surface area contributed by atoms with Crippen molar-refractivity contribution in [2.45, 2.75) is 32.8 Å². The van der Waals surface area contributed by atoms with Crippen LogP contribution in [0.5, 0.6) is 0 Å². The van der Waals surface area contributed by atoms with Gasteiger partial charge in [-0.05, 0) is 36.1 Å². The lowest BCUT2D eigenvalue weighted by Crippen LogP contribution is -2.14. The molecule has 1 aliphatic carbocycles. The third kappa shape index (κ3) is 2.84. The Kier molecular flexibility index (Phi) is 3.88. The zero-order valence-electron chi connectivity index (χ0n) is 14.1. The van der Waals surface area contributed by atoms with E-state index >= 15 is 0 Å². The van der Waals surface area contributed by atoms with Gasteiger partial charge < -0.3 is 9.72 Å². The van der Waals surface area contributed by atoms with Crippen LogP contribution in [0.4, 0.5) is 0 Å². The second-order valence-corrected chi connectivity index (χ2v) is 6.53. The van der Waals surface area contributed by atoms with Crippen molar-refractivity contribution in [3.8, 4) is 0 Å². The monoisotopic (exact) mass is 333 g/mol. The Hall–Kier alpha value is -2.88. The van der Waals surface area contributed by atoms with E-state index in [0.717, 1.165) is 33.3 Å². The number of aromatic amines is 1. The summed E-state index contributed by atoms with van der Waals surface area (Å²) in [5, 5.41) is 0.917. The lowest BCUT2D eigenvalue weighted by molar-refractivity contribution is -0.118. The van der Waals surface area contributed by atoms with Crippen LogP contribution < -0.4 is 0 Å². The van der Waals surface area contributed by atoms with Crippen molar-refractivity contribution in [3.63, 3.8) is 0 Å². The standard InChI is InChI=1S/C21H19NO3/c1-13-19(21(24)25-12-14-5-3-2-4-6-14)20-17-9-8-16(23)11-15(17)7-10-18(20)22-13/h2-7,10,22H,8-9,11-12H2,1H3. The van der Waals surface area contributed by atoms with Gasteiger partial charge in [0.1, 0.15) is 12.4 Å². The van der Waals surface area contributed by atoms with Crippen LogP contribution in [0.3, 0.4) is 0 Å². The summed E-state index contributed by atoms with van der Waals surface area (Å²) < 4.78 is 5.55. The molecule has 0 bridgehead atoms. The third-order valence-electron chi connectivity index (χ3n) is 4.82. The van der Waals surface area contributed by atoms with E-state index in [2.05, 4.69) is 4.98 Å². The number of carbonyl (C=O) groups excluding carboxylic acids is 2. The number of fused-ring (bicyclic) bond motifs is 3. The predicted octanol–water partition coefficient (Wildman–Crippen LogP) is 3.89. The highest BCUT2D eigenvalue weighted by Crippen LogP contribution is 2.32. The molecule has 1 heterocycles. The minimum absolute atomic E-state index is 0.249. The quantitative estimate of drug-likeness (QED) is 0.740. The SMILES string of the molecule is Cc1[nH]c2ccc3c(c2c1C(=O)OCc1ccccc1)CCC(=O)C3. The number of ether oxygens (including phenoxy) is 1. The highest BCUT2D eigenvalue weighted by atomic mass is 16.5. The fourth-order valence-electron chi connectivity index (χ4n) is 3.60. The molecule has 1 aromatic heterocycles. The Bertz CT molecular complexity index is 970. The van der Waals surface area contributed by atoms with Gasteiger partial charge in [0.2, 0.25) is 0 Å². The zero-order valence-corrected chi connectivity index (χ0v) is 14.1. The second kappa shape index (κ2) is 6.20. The number of Topliss-reactive ketones (excluding diaryl/α,β-unsaturated/α-hetero) is 1. The average Bonchev–Trinajstić information content (AvgIpc) is 2.96. The molecular weight excluding hydrogens is 314 g/mol. The molecule has 4 heteroatoms. The molecule has 2 aromatic carbocycles. The smallest absolute Gasteiger partial charge is 0.340 e. The lowest BCUT2D eigenvalue weighted by Gasteiger charge is -2.16. The highest BCUT2D eigenvalue weighted by Gasteiger charge is 2.24. The van der Waals surface area contributed by atoms with Gasteiger partial charge in [-0.3, -0.25) is 4.79 Å². The molecule has 0 saturated heterocycles.